The third-order valence-electron chi connectivity index (χ3n) is 8.46. The van der Waals surface area contributed by atoms with Crippen LogP contribution in [0.5, 0.6) is 0 Å². The van der Waals surface area contributed by atoms with Crippen LogP contribution in [-0.4, -0.2) is 4.98 Å². The Bertz CT molecular complexity index is 1890. The van der Waals surface area contributed by atoms with E-state index in [1.807, 2.05) is 6.20 Å². The standard InChI is InChI=1S/C34H20N2/c1-4-12-26-20(8-1)21-9-2-5-13-27(21)34(26)28-17-18-30-32-23(22-10-3-6-14-29(22)36-30)15-16-24(31(28)32)25-11-7-19-35-33(25)34/h1-19,36H. The number of fused-ring (bicyclic) bond motifs is 11. The van der Waals surface area contributed by atoms with Gasteiger partial charge in [-0.3, -0.25) is 4.98 Å². The monoisotopic (exact) mass is 456 g/mol. The van der Waals surface area contributed by atoms with Crippen molar-refractivity contribution < 1.29 is 0 Å². The minimum atomic E-state index is -0.453. The Kier molecular flexibility index (Phi) is 3.26. The Balaban J connectivity index is 1.54. The molecule has 1 spiro atoms. The lowest BCUT2D eigenvalue weighted by molar-refractivity contribution is 0.739. The SMILES string of the molecule is c1ccc2c(c1)Nc1ccc3c4c(ccc-2c14)-c1cccnc1C31c2ccccc2-c2ccccc21. The Morgan fingerprint density at radius 3 is 1.86 bits per heavy atom. The van der Waals surface area contributed by atoms with Crippen LogP contribution in [0.2, 0.25) is 0 Å². The second-order valence-electron chi connectivity index (χ2n) is 9.98. The van der Waals surface area contributed by atoms with Crippen LogP contribution >= 0.6 is 0 Å². The first kappa shape index (κ1) is 18.6. The Labute approximate surface area is 208 Å². The molecule has 0 amide bonds. The number of nitrogens with one attached hydrogen (secondary N) is 1. The first-order valence-electron chi connectivity index (χ1n) is 12.5. The van der Waals surface area contributed by atoms with Crippen LogP contribution in [0.3, 0.4) is 0 Å². The number of hydrogen-bond donors (Lipinski definition) is 1. The van der Waals surface area contributed by atoms with Crippen molar-refractivity contribution in [2.75, 3.05) is 5.32 Å². The molecule has 9 rings (SSSR count). The minimum Gasteiger partial charge on any atom is -0.354 e. The molecule has 36 heavy (non-hydrogen) atoms. The fourth-order valence-corrected chi connectivity index (χ4v) is 7.16. The fourth-order valence-electron chi connectivity index (χ4n) is 7.16. The number of benzene rings is 5. The smallest absolute Gasteiger partial charge is 0.0898 e. The van der Waals surface area contributed by atoms with E-state index < -0.39 is 5.41 Å². The van der Waals surface area contributed by atoms with E-state index in [9.17, 15) is 0 Å². The molecule has 1 N–H and O–H groups in total. The van der Waals surface area contributed by atoms with Gasteiger partial charge in [-0.15, -0.1) is 0 Å². The molecule has 0 radical (unpaired) electrons. The molecule has 1 aliphatic heterocycles. The molecule has 0 saturated carbocycles. The summed E-state index contributed by atoms with van der Waals surface area (Å²) in [4.78, 5) is 5.14. The maximum absolute atomic E-state index is 5.14. The van der Waals surface area contributed by atoms with Gasteiger partial charge in [-0.25, -0.2) is 0 Å². The number of pyridine rings is 1. The molecular weight excluding hydrogens is 436 g/mol. The van der Waals surface area contributed by atoms with E-state index in [4.69, 9.17) is 4.98 Å². The summed E-state index contributed by atoms with van der Waals surface area (Å²) in [6.45, 7) is 0. The highest BCUT2D eigenvalue weighted by atomic mass is 14.9. The molecule has 2 nitrogen and oxygen atoms in total. The number of aromatic nitrogens is 1. The van der Waals surface area contributed by atoms with Crippen LogP contribution in [-0.2, 0) is 5.41 Å². The molecule has 0 saturated heterocycles. The summed E-state index contributed by atoms with van der Waals surface area (Å²) in [6.07, 6.45) is 1.95. The van der Waals surface area contributed by atoms with Gasteiger partial charge in [-0.05, 0) is 62.5 Å². The van der Waals surface area contributed by atoms with Gasteiger partial charge in [0.2, 0.25) is 0 Å². The second kappa shape index (κ2) is 6.30. The molecule has 3 aliphatic rings. The van der Waals surface area contributed by atoms with Gasteiger partial charge in [0.05, 0.1) is 11.1 Å². The average Bonchev–Trinajstić information content (AvgIpc) is 3.24. The zero-order valence-corrected chi connectivity index (χ0v) is 19.4. The van der Waals surface area contributed by atoms with E-state index in [0.717, 1.165) is 11.4 Å². The van der Waals surface area contributed by atoms with Crippen LogP contribution in [0.4, 0.5) is 11.4 Å². The summed E-state index contributed by atoms with van der Waals surface area (Å²) in [7, 11) is 0. The summed E-state index contributed by atoms with van der Waals surface area (Å²) >= 11 is 0. The quantitative estimate of drug-likeness (QED) is 0.248. The number of nitrogens with zero attached hydrogens (tertiary/aromatic N) is 1. The van der Waals surface area contributed by atoms with Crippen molar-refractivity contribution in [3.05, 3.63) is 138 Å². The van der Waals surface area contributed by atoms with Gasteiger partial charge in [-0.2, -0.15) is 0 Å². The van der Waals surface area contributed by atoms with Crippen LogP contribution in [0.25, 0.3) is 44.2 Å². The normalized spacial score (nSPS) is 14.6. The second-order valence-corrected chi connectivity index (χ2v) is 9.98. The molecule has 6 aromatic rings. The highest BCUT2D eigenvalue weighted by Gasteiger charge is 2.51. The van der Waals surface area contributed by atoms with Crippen molar-refractivity contribution in [2.24, 2.45) is 0 Å². The van der Waals surface area contributed by atoms with Crippen LogP contribution < -0.4 is 5.32 Å². The maximum atomic E-state index is 5.14. The largest absolute Gasteiger partial charge is 0.354 e. The van der Waals surface area contributed by atoms with Crippen molar-refractivity contribution in [3.8, 4) is 33.4 Å². The minimum absolute atomic E-state index is 0.453. The first-order valence-corrected chi connectivity index (χ1v) is 12.5. The van der Waals surface area contributed by atoms with Crippen molar-refractivity contribution in [1.82, 2.24) is 4.98 Å². The van der Waals surface area contributed by atoms with Gasteiger partial charge in [0, 0.05) is 34.1 Å². The lowest BCUT2D eigenvalue weighted by Crippen LogP contribution is -2.33. The lowest BCUT2D eigenvalue weighted by Gasteiger charge is -2.40. The third kappa shape index (κ3) is 1.97. The third-order valence-corrected chi connectivity index (χ3v) is 8.46. The molecule has 2 heteroatoms. The van der Waals surface area contributed by atoms with E-state index in [1.165, 1.54) is 66.5 Å². The van der Waals surface area contributed by atoms with Gasteiger partial charge in [0.15, 0.2) is 0 Å². The molecule has 0 bridgehead atoms. The Morgan fingerprint density at radius 1 is 0.444 bits per heavy atom. The van der Waals surface area contributed by atoms with Crippen LogP contribution in [0.15, 0.2) is 115 Å². The van der Waals surface area contributed by atoms with Gasteiger partial charge >= 0.3 is 0 Å². The predicted molar refractivity (Wildman–Crippen MR) is 147 cm³/mol. The van der Waals surface area contributed by atoms with E-state index in [2.05, 4.69) is 115 Å². The highest BCUT2D eigenvalue weighted by Crippen LogP contribution is 2.62. The van der Waals surface area contributed by atoms with E-state index in [0.29, 0.717) is 0 Å². The predicted octanol–water partition coefficient (Wildman–Crippen LogP) is 8.30. The van der Waals surface area contributed by atoms with Crippen molar-refractivity contribution in [2.45, 2.75) is 5.41 Å². The number of hydrogen-bond acceptors (Lipinski definition) is 2. The van der Waals surface area contributed by atoms with Gasteiger partial charge < -0.3 is 5.32 Å². The number of para-hydroxylation sites is 1. The zero-order chi connectivity index (χ0) is 23.4. The molecule has 0 fully saturated rings. The molecule has 166 valence electrons. The number of anilines is 2. The molecular formula is C34H20N2. The van der Waals surface area contributed by atoms with E-state index in [-0.39, 0.29) is 0 Å². The summed E-state index contributed by atoms with van der Waals surface area (Å²) in [5.74, 6) is 0. The molecule has 1 aromatic heterocycles. The topological polar surface area (TPSA) is 24.9 Å². The van der Waals surface area contributed by atoms with Crippen LogP contribution in [0.1, 0.15) is 22.4 Å². The summed E-state index contributed by atoms with van der Waals surface area (Å²) in [5.41, 5.74) is 14.6. The molecule has 2 aliphatic carbocycles. The lowest BCUT2D eigenvalue weighted by atomic mass is 9.63. The maximum Gasteiger partial charge on any atom is 0.0898 e. The fraction of sp³-hybridized carbons (Fsp3) is 0.0294. The summed E-state index contributed by atoms with van der Waals surface area (Å²) < 4.78 is 0. The van der Waals surface area contributed by atoms with Gasteiger partial charge in [-0.1, -0.05) is 91.0 Å². The molecule has 0 unspecified atom stereocenters. The van der Waals surface area contributed by atoms with E-state index >= 15 is 0 Å². The van der Waals surface area contributed by atoms with Crippen molar-refractivity contribution >= 4 is 22.1 Å². The molecule has 2 heterocycles. The summed E-state index contributed by atoms with van der Waals surface area (Å²) in [5, 5.41) is 6.37. The average molecular weight is 457 g/mol. The highest BCUT2D eigenvalue weighted by molar-refractivity contribution is 6.19. The van der Waals surface area contributed by atoms with E-state index in [1.54, 1.807) is 0 Å². The Hall–Kier alpha value is -4.69. The van der Waals surface area contributed by atoms with Crippen molar-refractivity contribution in [1.29, 1.82) is 0 Å². The number of rotatable bonds is 0. The van der Waals surface area contributed by atoms with Crippen LogP contribution in [0, 0.1) is 0 Å². The molecule has 5 aromatic carbocycles. The molecule has 0 atom stereocenters. The Morgan fingerprint density at radius 2 is 1.08 bits per heavy atom. The van der Waals surface area contributed by atoms with Gasteiger partial charge in [0.1, 0.15) is 0 Å². The van der Waals surface area contributed by atoms with Gasteiger partial charge in [0.25, 0.3) is 0 Å². The van der Waals surface area contributed by atoms with Crippen molar-refractivity contribution in [3.63, 3.8) is 0 Å². The zero-order valence-electron chi connectivity index (χ0n) is 19.4. The summed E-state index contributed by atoms with van der Waals surface area (Å²) in [6, 6.07) is 40.0. The first-order chi connectivity index (χ1) is 17.9.